The molecule has 6 nitrogen and oxygen atoms in total. The van der Waals surface area contributed by atoms with E-state index in [0.29, 0.717) is 23.2 Å². The summed E-state index contributed by atoms with van der Waals surface area (Å²) in [5.74, 6) is -0.410. The quantitative estimate of drug-likeness (QED) is 0.381. The maximum absolute atomic E-state index is 13.0. The van der Waals surface area contributed by atoms with Gasteiger partial charge in [-0.05, 0) is 68.0 Å². The van der Waals surface area contributed by atoms with E-state index in [-0.39, 0.29) is 30.9 Å². The number of amides is 1. The number of anilines is 1. The second-order valence-corrected chi connectivity index (χ2v) is 10.0. The van der Waals surface area contributed by atoms with E-state index in [9.17, 15) is 27.6 Å². The SMILES string of the molecule is CC(C)OC(=O)C1(Cc2cccc(NC(=O)Cc3ccc(Cn4cc(C(F)(F)F)ccc4=O)cc3)c2)CC1. The minimum atomic E-state index is -4.54. The molecule has 1 heterocycles. The highest BCUT2D eigenvalue weighted by atomic mass is 19.4. The van der Waals surface area contributed by atoms with E-state index in [1.807, 2.05) is 32.0 Å². The largest absolute Gasteiger partial charge is 0.463 e. The van der Waals surface area contributed by atoms with Gasteiger partial charge in [-0.2, -0.15) is 13.2 Å². The Morgan fingerprint density at radius 1 is 1.00 bits per heavy atom. The van der Waals surface area contributed by atoms with E-state index in [1.54, 1.807) is 30.3 Å². The molecule has 0 aliphatic heterocycles. The van der Waals surface area contributed by atoms with Crippen LogP contribution in [0.1, 0.15) is 48.9 Å². The number of nitrogens with one attached hydrogen (secondary N) is 1. The summed E-state index contributed by atoms with van der Waals surface area (Å²) in [5, 5.41) is 2.87. The highest BCUT2D eigenvalue weighted by Gasteiger charge is 2.51. The van der Waals surface area contributed by atoms with E-state index in [4.69, 9.17) is 4.74 Å². The van der Waals surface area contributed by atoms with Gasteiger partial charge in [0, 0.05) is 18.0 Å². The van der Waals surface area contributed by atoms with E-state index < -0.39 is 22.7 Å². The lowest BCUT2D eigenvalue weighted by atomic mass is 9.96. The van der Waals surface area contributed by atoms with Crippen molar-refractivity contribution < 1.29 is 27.5 Å². The van der Waals surface area contributed by atoms with E-state index >= 15 is 0 Å². The van der Waals surface area contributed by atoms with Crippen LogP contribution in [0.3, 0.4) is 0 Å². The molecule has 9 heteroatoms. The molecule has 200 valence electrons. The lowest BCUT2D eigenvalue weighted by Crippen LogP contribution is -2.24. The van der Waals surface area contributed by atoms with Crippen molar-refractivity contribution in [1.29, 1.82) is 0 Å². The fraction of sp³-hybridized carbons (Fsp3) is 0.345. The first-order valence-electron chi connectivity index (χ1n) is 12.4. The number of esters is 1. The molecule has 0 unspecified atom stereocenters. The lowest BCUT2D eigenvalue weighted by molar-refractivity contribution is -0.154. The van der Waals surface area contributed by atoms with Crippen LogP contribution < -0.4 is 10.9 Å². The number of benzene rings is 2. The normalized spacial score (nSPS) is 14.3. The van der Waals surface area contributed by atoms with Gasteiger partial charge in [0.1, 0.15) is 0 Å². The number of pyridine rings is 1. The number of carbonyl (C=O) groups is 2. The van der Waals surface area contributed by atoms with E-state index in [0.717, 1.165) is 41.3 Å². The Hall–Kier alpha value is -3.88. The van der Waals surface area contributed by atoms with E-state index in [1.165, 1.54) is 0 Å². The van der Waals surface area contributed by atoms with Crippen molar-refractivity contribution in [3.8, 4) is 0 Å². The van der Waals surface area contributed by atoms with Gasteiger partial charge in [-0.25, -0.2) is 0 Å². The Morgan fingerprint density at radius 3 is 2.32 bits per heavy atom. The van der Waals surface area contributed by atoms with Gasteiger partial charge >= 0.3 is 12.1 Å². The molecule has 1 N–H and O–H groups in total. The van der Waals surface area contributed by atoms with Crippen molar-refractivity contribution in [3.63, 3.8) is 0 Å². The lowest BCUT2D eigenvalue weighted by Gasteiger charge is -2.17. The minimum absolute atomic E-state index is 0.0196. The number of ether oxygens (including phenoxy) is 1. The molecule has 0 radical (unpaired) electrons. The van der Waals surface area contributed by atoms with Gasteiger partial charge in [0.15, 0.2) is 0 Å². The topological polar surface area (TPSA) is 77.4 Å². The zero-order chi connectivity index (χ0) is 27.5. The van der Waals surface area contributed by atoms with Crippen molar-refractivity contribution in [3.05, 3.63) is 99.5 Å². The van der Waals surface area contributed by atoms with Crippen LogP contribution >= 0.6 is 0 Å². The molecule has 38 heavy (non-hydrogen) atoms. The van der Waals surface area contributed by atoms with Gasteiger partial charge < -0.3 is 14.6 Å². The summed E-state index contributed by atoms with van der Waals surface area (Å²) >= 11 is 0. The first kappa shape index (κ1) is 27.2. The maximum atomic E-state index is 13.0. The molecule has 0 spiro atoms. The molecule has 1 fully saturated rings. The average molecular weight is 527 g/mol. The smallest absolute Gasteiger partial charge is 0.417 e. The molecule has 1 aromatic heterocycles. The molecular weight excluding hydrogens is 497 g/mol. The molecule has 1 aliphatic rings. The molecule has 1 aliphatic carbocycles. The standard InChI is InChI=1S/C29H29F3N2O4/c1-19(2)38-27(37)28(12-13-28)16-22-4-3-5-24(14-22)33-25(35)15-20-6-8-21(9-7-20)17-34-18-23(29(30,31)32)10-11-26(34)36/h3-11,14,18-19H,12-13,15-17H2,1-2H3,(H,33,35). The predicted molar refractivity (Wildman–Crippen MR) is 137 cm³/mol. The van der Waals surface area contributed by atoms with Crippen LogP contribution in [0.25, 0.3) is 0 Å². The zero-order valence-electron chi connectivity index (χ0n) is 21.2. The van der Waals surface area contributed by atoms with Gasteiger partial charge in [-0.1, -0.05) is 36.4 Å². The van der Waals surface area contributed by atoms with Crippen molar-refractivity contribution in [2.24, 2.45) is 5.41 Å². The van der Waals surface area contributed by atoms with Crippen LogP contribution in [0.15, 0.2) is 71.7 Å². The molecule has 0 atom stereocenters. The molecular formula is C29H29F3N2O4. The third-order valence-corrected chi connectivity index (χ3v) is 6.43. The third-order valence-electron chi connectivity index (χ3n) is 6.43. The Kier molecular flexibility index (Phi) is 7.76. The van der Waals surface area contributed by atoms with Gasteiger partial charge in [-0.3, -0.25) is 14.4 Å². The zero-order valence-corrected chi connectivity index (χ0v) is 21.2. The fourth-order valence-corrected chi connectivity index (χ4v) is 4.27. The molecule has 1 saturated carbocycles. The summed E-state index contributed by atoms with van der Waals surface area (Å²) in [6, 6.07) is 15.8. The molecule has 1 amide bonds. The summed E-state index contributed by atoms with van der Waals surface area (Å²) in [7, 11) is 0. The first-order chi connectivity index (χ1) is 17.9. The molecule has 3 aromatic rings. The van der Waals surface area contributed by atoms with Crippen LogP contribution in [0.2, 0.25) is 0 Å². The van der Waals surface area contributed by atoms with E-state index in [2.05, 4.69) is 5.32 Å². The summed E-state index contributed by atoms with van der Waals surface area (Å²) in [6.07, 6.45) is -1.68. The molecule has 0 saturated heterocycles. The number of hydrogen-bond acceptors (Lipinski definition) is 4. The minimum Gasteiger partial charge on any atom is -0.463 e. The van der Waals surface area contributed by atoms with Crippen LogP contribution in [0.4, 0.5) is 18.9 Å². The van der Waals surface area contributed by atoms with Crippen LogP contribution in [-0.2, 0) is 39.9 Å². The number of halogens is 3. The van der Waals surface area contributed by atoms with Gasteiger partial charge in [0.2, 0.25) is 5.91 Å². The highest BCUT2D eigenvalue weighted by Crippen LogP contribution is 2.49. The van der Waals surface area contributed by atoms with Gasteiger partial charge in [0.05, 0.1) is 30.0 Å². The van der Waals surface area contributed by atoms with Crippen LogP contribution in [0, 0.1) is 5.41 Å². The number of nitrogens with zero attached hydrogens (tertiary/aromatic N) is 1. The Balaban J connectivity index is 1.35. The summed E-state index contributed by atoms with van der Waals surface area (Å²) in [4.78, 5) is 37.1. The second-order valence-electron chi connectivity index (χ2n) is 10.0. The van der Waals surface area contributed by atoms with Crippen molar-refractivity contribution in [1.82, 2.24) is 4.57 Å². The Morgan fingerprint density at radius 2 is 1.68 bits per heavy atom. The summed E-state index contributed by atoms with van der Waals surface area (Å²) < 4.78 is 45.3. The summed E-state index contributed by atoms with van der Waals surface area (Å²) in [5.41, 5.74) is 1.01. The molecule has 2 aromatic carbocycles. The monoisotopic (exact) mass is 526 g/mol. The van der Waals surface area contributed by atoms with Crippen LogP contribution in [-0.4, -0.2) is 22.5 Å². The van der Waals surface area contributed by atoms with Crippen molar-refractivity contribution >= 4 is 17.6 Å². The second kappa shape index (κ2) is 10.8. The Labute approximate surface area is 218 Å². The predicted octanol–water partition coefficient (Wildman–Crippen LogP) is 5.37. The first-order valence-corrected chi connectivity index (χ1v) is 12.4. The maximum Gasteiger partial charge on any atom is 0.417 e. The number of carbonyl (C=O) groups excluding carboxylic acids is 2. The van der Waals surface area contributed by atoms with Crippen molar-refractivity contribution in [2.75, 3.05) is 5.32 Å². The fourth-order valence-electron chi connectivity index (χ4n) is 4.27. The highest BCUT2D eigenvalue weighted by molar-refractivity contribution is 5.92. The average Bonchev–Trinajstić information content (AvgIpc) is 3.61. The third kappa shape index (κ3) is 6.90. The molecule has 0 bridgehead atoms. The summed E-state index contributed by atoms with van der Waals surface area (Å²) in [6.45, 7) is 3.64. The number of aromatic nitrogens is 1. The Bertz CT molecular complexity index is 1370. The van der Waals surface area contributed by atoms with Gasteiger partial charge in [-0.15, -0.1) is 0 Å². The number of rotatable bonds is 9. The number of alkyl halides is 3. The number of hydrogen-bond donors (Lipinski definition) is 1. The van der Waals surface area contributed by atoms with Crippen LogP contribution in [0.5, 0.6) is 0 Å². The van der Waals surface area contributed by atoms with Crippen molar-refractivity contribution in [2.45, 2.75) is 58.4 Å². The molecule has 4 rings (SSSR count). The van der Waals surface area contributed by atoms with Gasteiger partial charge in [0.25, 0.3) is 5.56 Å².